The van der Waals surface area contributed by atoms with Crippen molar-refractivity contribution in [2.75, 3.05) is 24.3 Å². The van der Waals surface area contributed by atoms with Gasteiger partial charge in [0.1, 0.15) is 16.9 Å². The molecule has 1 fully saturated rings. The largest absolute Gasteiger partial charge is 0.421 e. The van der Waals surface area contributed by atoms with E-state index in [0.717, 1.165) is 0 Å². The van der Waals surface area contributed by atoms with Crippen LogP contribution in [0, 0.1) is 0 Å². The maximum absolute atomic E-state index is 13.8. The Labute approximate surface area is 210 Å². The molecule has 9 nitrogen and oxygen atoms in total. The van der Waals surface area contributed by atoms with Crippen LogP contribution in [-0.4, -0.2) is 37.8 Å². The van der Waals surface area contributed by atoms with Gasteiger partial charge < -0.3 is 15.4 Å². The maximum Gasteiger partial charge on any atom is 0.421 e. The fourth-order valence-corrected chi connectivity index (χ4v) is 4.55. The molecule has 0 radical (unpaired) electrons. The van der Waals surface area contributed by atoms with Crippen molar-refractivity contribution in [1.82, 2.24) is 24.1 Å². The second-order valence-corrected chi connectivity index (χ2v) is 8.22. The van der Waals surface area contributed by atoms with E-state index in [0.29, 0.717) is 41.6 Å². The van der Waals surface area contributed by atoms with E-state index in [4.69, 9.17) is 15.6 Å². The molecule has 1 aliphatic rings. The second-order valence-electron chi connectivity index (χ2n) is 8.22. The highest BCUT2D eigenvalue weighted by Crippen LogP contribution is 2.41. The highest BCUT2D eigenvalue weighted by atomic mass is 32.1. The van der Waals surface area contributed by atoms with Crippen molar-refractivity contribution in [3.05, 3.63) is 76.1 Å². The van der Waals surface area contributed by atoms with E-state index in [1.54, 1.807) is 36.5 Å². The molecule has 0 aliphatic carbocycles. The molecule has 13 heteroatoms. The number of benzene rings is 1. The molecule has 0 spiro atoms. The van der Waals surface area contributed by atoms with Crippen LogP contribution >= 0.6 is 13.5 Å². The van der Waals surface area contributed by atoms with Gasteiger partial charge in [0.15, 0.2) is 5.82 Å². The van der Waals surface area contributed by atoms with Crippen LogP contribution in [0.15, 0.2) is 53.6 Å². The Bertz CT molecular complexity index is 1440. The van der Waals surface area contributed by atoms with Gasteiger partial charge in [0.2, 0.25) is 5.95 Å². The van der Waals surface area contributed by atoms with E-state index in [9.17, 15) is 18.0 Å². The maximum atomic E-state index is 13.8. The van der Waals surface area contributed by atoms with Crippen LogP contribution in [0.3, 0.4) is 0 Å². The van der Waals surface area contributed by atoms with Gasteiger partial charge in [-0.15, -0.1) is 0 Å². The summed E-state index contributed by atoms with van der Waals surface area (Å²) in [7, 11) is 1.53. The van der Waals surface area contributed by atoms with Crippen LogP contribution in [-0.2, 0) is 17.5 Å². The summed E-state index contributed by atoms with van der Waals surface area (Å²) in [4.78, 5) is 22.8. The van der Waals surface area contributed by atoms with E-state index in [1.807, 2.05) is 6.07 Å². The first kappa shape index (κ1) is 25.5. The van der Waals surface area contributed by atoms with E-state index in [2.05, 4.69) is 9.97 Å². The lowest BCUT2D eigenvalue weighted by Crippen LogP contribution is -2.34. The predicted molar refractivity (Wildman–Crippen MR) is 133 cm³/mol. The molecule has 0 amide bonds. The third-order valence-electron chi connectivity index (χ3n) is 6.02. The van der Waals surface area contributed by atoms with Crippen LogP contribution in [0.25, 0.3) is 11.2 Å². The number of hydrogen-bond donors (Lipinski definition) is 1. The van der Waals surface area contributed by atoms with Crippen molar-refractivity contribution in [3.8, 4) is 5.69 Å². The predicted octanol–water partition coefficient (Wildman–Crippen LogP) is 3.48. The van der Waals surface area contributed by atoms with Crippen molar-refractivity contribution >= 4 is 30.8 Å². The highest BCUT2D eigenvalue weighted by molar-refractivity contribution is 7.59. The smallest absolute Gasteiger partial charge is 0.380 e. The zero-order chi connectivity index (χ0) is 24.7. The average molecular weight is 520 g/mol. The first-order chi connectivity index (χ1) is 16.8. The van der Waals surface area contributed by atoms with E-state index < -0.39 is 17.8 Å². The minimum atomic E-state index is -4.68. The number of nitrogens with two attached hydrogens (primary N) is 1. The summed E-state index contributed by atoms with van der Waals surface area (Å²) < 4.78 is 49.6. The molecule has 2 N–H and O–H groups in total. The number of alkyl halides is 3. The van der Waals surface area contributed by atoms with Crippen LogP contribution < -0.4 is 16.2 Å². The van der Waals surface area contributed by atoms with Crippen molar-refractivity contribution in [2.45, 2.75) is 31.7 Å². The molecule has 190 valence electrons. The molecule has 1 atom stereocenters. The van der Waals surface area contributed by atoms with Crippen molar-refractivity contribution in [1.29, 1.82) is 0 Å². The topological polar surface area (TPSA) is 104 Å². The molecule has 5 rings (SSSR count). The fraction of sp³-hybridized carbons (Fsp3) is 0.304. The minimum Gasteiger partial charge on any atom is -0.380 e. The molecule has 4 aromatic rings. The molecule has 4 heterocycles. The molecule has 1 aromatic carbocycles. The number of nitrogens with zero attached hydrogens (tertiary/aromatic N) is 6. The number of hydrogen-bond acceptors (Lipinski definition) is 7. The van der Waals surface area contributed by atoms with Gasteiger partial charge in [-0.1, -0.05) is 18.2 Å². The van der Waals surface area contributed by atoms with E-state index in [-0.39, 0.29) is 44.0 Å². The Balaban J connectivity index is 0.00000304. The zero-order valence-electron chi connectivity index (χ0n) is 19.2. The van der Waals surface area contributed by atoms with Gasteiger partial charge in [0.25, 0.3) is 5.56 Å². The number of para-hydroxylation sites is 1. The van der Waals surface area contributed by atoms with Gasteiger partial charge in [-0.3, -0.25) is 9.36 Å². The number of aromatic nitrogens is 5. The van der Waals surface area contributed by atoms with Crippen LogP contribution in [0.1, 0.15) is 35.8 Å². The Morgan fingerprint density at radius 3 is 2.64 bits per heavy atom. The Morgan fingerprint density at radius 2 is 1.94 bits per heavy atom. The first-order valence-corrected chi connectivity index (χ1v) is 10.9. The summed E-state index contributed by atoms with van der Waals surface area (Å²) in [6.45, 7) is 0.500. The molecule has 3 aromatic heterocycles. The Morgan fingerprint density at radius 1 is 1.19 bits per heavy atom. The van der Waals surface area contributed by atoms with Gasteiger partial charge >= 0.3 is 6.18 Å². The highest BCUT2D eigenvalue weighted by Gasteiger charge is 2.41. The molecule has 0 unspecified atom stereocenters. The number of halogens is 3. The summed E-state index contributed by atoms with van der Waals surface area (Å²) >= 11 is 0. The van der Waals surface area contributed by atoms with Crippen LogP contribution in [0.4, 0.5) is 24.9 Å². The monoisotopic (exact) mass is 519 g/mol. The lowest BCUT2D eigenvalue weighted by atomic mass is 10.1. The van der Waals surface area contributed by atoms with Gasteiger partial charge in [0.05, 0.1) is 18.3 Å². The Kier molecular flexibility index (Phi) is 6.96. The normalized spacial score (nSPS) is 15.9. The summed E-state index contributed by atoms with van der Waals surface area (Å²) in [5.74, 6) is -0.290. The lowest BCUT2D eigenvalue weighted by Gasteiger charge is -2.29. The summed E-state index contributed by atoms with van der Waals surface area (Å²) in [5, 5.41) is 4.71. The van der Waals surface area contributed by atoms with Crippen LogP contribution in [0.5, 0.6) is 0 Å². The molecular weight excluding hydrogens is 495 g/mol. The molecule has 0 bridgehead atoms. The number of ether oxygens (including phenoxy) is 1. The molecule has 0 saturated carbocycles. The third kappa shape index (κ3) is 4.39. The average Bonchev–Trinajstić information content (AvgIpc) is 3.46. The van der Waals surface area contributed by atoms with Gasteiger partial charge in [-0.25, -0.2) is 9.50 Å². The summed E-state index contributed by atoms with van der Waals surface area (Å²) in [6.07, 6.45) is -1.29. The Hall–Kier alpha value is -3.58. The number of anilines is 2. The SMILES string of the molecule is COCc1ccn2nc([C@@H]3CCCN3c3nc(N)ncc3C(F)(F)F)n(-c3ccccc3)c(=O)c12.S. The first-order valence-electron chi connectivity index (χ1n) is 10.9. The number of rotatable bonds is 5. The zero-order valence-corrected chi connectivity index (χ0v) is 20.2. The second kappa shape index (κ2) is 9.82. The van der Waals surface area contributed by atoms with Crippen molar-refractivity contribution in [2.24, 2.45) is 0 Å². The molecule has 1 aliphatic heterocycles. The lowest BCUT2D eigenvalue weighted by molar-refractivity contribution is -0.137. The molecular formula is C23H24F3N7O2S. The molecule has 36 heavy (non-hydrogen) atoms. The van der Waals surface area contributed by atoms with E-state index in [1.165, 1.54) is 21.1 Å². The summed E-state index contributed by atoms with van der Waals surface area (Å²) in [6, 6.07) is 9.97. The fourth-order valence-electron chi connectivity index (χ4n) is 4.55. The van der Waals surface area contributed by atoms with Gasteiger partial charge in [-0.2, -0.15) is 36.7 Å². The third-order valence-corrected chi connectivity index (χ3v) is 6.02. The standard InChI is InChI=1S/C23H22F3N7O2.H2S/c1-35-13-14-9-11-32-18(14)21(34)33(15-6-3-2-4-7-15)20(30-32)17-8-5-10-31(17)19-16(23(24,25)26)12-28-22(27)29-19;/h2-4,6-7,9,11-12,17H,5,8,10,13H2,1H3,(H2,27,28,29);1H2/t17-;/m0./s1. The van der Waals surface area contributed by atoms with Crippen LogP contribution in [0.2, 0.25) is 0 Å². The van der Waals surface area contributed by atoms with Gasteiger partial charge in [-0.05, 0) is 31.0 Å². The minimum absolute atomic E-state index is 0. The quantitative estimate of drug-likeness (QED) is 0.431. The number of nitrogen functional groups attached to an aromatic ring is 1. The summed E-state index contributed by atoms with van der Waals surface area (Å²) in [5.41, 5.74) is 5.89. The number of fused-ring (bicyclic) bond motifs is 1. The van der Waals surface area contributed by atoms with Crippen molar-refractivity contribution < 1.29 is 17.9 Å². The van der Waals surface area contributed by atoms with E-state index >= 15 is 0 Å². The molecule has 1 saturated heterocycles. The van der Waals surface area contributed by atoms with Gasteiger partial charge in [0, 0.05) is 31.6 Å². The van der Waals surface area contributed by atoms with Crippen molar-refractivity contribution in [3.63, 3.8) is 0 Å². The number of methoxy groups -OCH3 is 1.